The van der Waals surface area contributed by atoms with Crippen LogP contribution in [-0.2, 0) is 19.6 Å². The molecule has 2 aliphatic rings. The summed E-state index contributed by atoms with van der Waals surface area (Å²) in [6, 6.07) is 17.9. The summed E-state index contributed by atoms with van der Waals surface area (Å²) in [5.41, 5.74) is 4.35. The maximum absolute atomic E-state index is 2.56. The summed E-state index contributed by atoms with van der Waals surface area (Å²) < 4.78 is 7.07. The summed E-state index contributed by atoms with van der Waals surface area (Å²) >= 11 is 3.70. The molecular weight excluding hydrogens is 372 g/mol. The molecule has 0 N–H and O–H groups in total. The Hall–Kier alpha value is -1.02. The van der Waals surface area contributed by atoms with Gasteiger partial charge >= 0.3 is 0 Å². The molecule has 0 amide bonds. The summed E-state index contributed by atoms with van der Waals surface area (Å²) in [6.07, 6.45) is 0. The van der Waals surface area contributed by atoms with E-state index in [0.29, 0.717) is 0 Å². The van der Waals surface area contributed by atoms with Gasteiger partial charge in [-0.1, -0.05) is 36.4 Å². The molecule has 0 saturated carbocycles. The third-order valence-corrected chi connectivity index (χ3v) is 6.91. The molecule has 0 radical (unpaired) electrons. The van der Waals surface area contributed by atoms with Crippen LogP contribution < -0.4 is 0 Å². The Balaban J connectivity index is 1.25. The van der Waals surface area contributed by atoms with Crippen LogP contribution in [-0.4, -0.2) is 58.1 Å². The average molecular weight is 401 g/mol. The van der Waals surface area contributed by atoms with Gasteiger partial charge in [0.15, 0.2) is 0 Å². The van der Waals surface area contributed by atoms with Crippen molar-refractivity contribution in [1.82, 2.24) is 17.8 Å². The molecule has 2 aliphatic heterocycles. The SMILES string of the molecule is CN(C)SN1CCN(Cc2ccc(SN3Cc4ccccc4C3)cc2)CC1. The lowest BCUT2D eigenvalue weighted by molar-refractivity contribution is 0.187. The molecule has 27 heavy (non-hydrogen) atoms. The van der Waals surface area contributed by atoms with Crippen LogP contribution in [0.4, 0.5) is 0 Å². The Kier molecular flexibility index (Phi) is 6.42. The topological polar surface area (TPSA) is 13.0 Å². The minimum absolute atomic E-state index is 1.04. The second kappa shape index (κ2) is 8.99. The van der Waals surface area contributed by atoms with Crippen molar-refractivity contribution >= 4 is 24.1 Å². The van der Waals surface area contributed by atoms with Gasteiger partial charge in [-0.25, -0.2) is 12.9 Å². The summed E-state index contributed by atoms with van der Waals surface area (Å²) in [5.74, 6) is 0. The Morgan fingerprint density at radius 1 is 0.815 bits per heavy atom. The van der Waals surface area contributed by atoms with Gasteiger partial charge in [0.2, 0.25) is 0 Å². The number of piperazine rings is 1. The van der Waals surface area contributed by atoms with E-state index in [1.807, 2.05) is 24.1 Å². The van der Waals surface area contributed by atoms with E-state index in [0.717, 1.165) is 45.8 Å². The molecule has 4 nitrogen and oxygen atoms in total. The molecule has 1 saturated heterocycles. The second-order valence-corrected chi connectivity index (χ2v) is 9.98. The standard InChI is InChI=1S/C21H28N4S2/c1-22(2)27-24-13-11-23(12-14-24)15-18-7-9-21(10-8-18)26-25-16-19-5-3-4-6-20(19)17-25/h3-10H,11-17H2,1-2H3. The van der Waals surface area contributed by atoms with Crippen LogP contribution in [0.3, 0.4) is 0 Å². The second-order valence-electron chi connectivity index (χ2n) is 7.40. The molecule has 2 heterocycles. The van der Waals surface area contributed by atoms with E-state index in [4.69, 9.17) is 0 Å². The first-order valence-electron chi connectivity index (χ1n) is 9.57. The fraction of sp³-hybridized carbons (Fsp3) is 0.429. The number of rotatable bonds is 6. The molecule has 2 aromatic carbocycles. The van der Waals surface area contributed by atoms with Crippen LogP contribution in [0.2, 0.25) is 0 Å². The lowest BCUT2D eigenvalue weighted by Crippen LogP contribution is -2.43. The van der Waals surface area contributed by atoms with Crippen LogP contribution in [0.15, 0.2) is 53.4 Å². The van der Waals surface area contributed by atoms with Crippen LogP contribution in [0.5, 0.6) is 0 Å². The first-order chi connectivity index (χ1) is 13.2. The van der Waals surface area contributed by atoms with Gasteiger partial charge in [-0.05, 0) is 54.9 Å². The lowest BCUT2D eigenvalue weighted by Gasteiger charge is -2.34. The lowest BCUT2D eigenvalue weighted by atomic mass is 10.1. The molecule has 0 bridgehead atoms. The molecule has 4 rings (SSSR count). The molecule has 6 heteroatoms. The number of hydrogen-bond donors (Lipinski definition) is 0. The largest absolute Gasteiger partial charge is 0.296 e. The number of nitrogens with zero attached hydrogens (tertiary/aromatic N) is 4. The molecule has 0 unspecified atom stereocenters. The third kappa shape index (κ3) is 5.28. The van der Waals surface area contributed by atoms with E-state index < -0.39 is 0 Å². The molecular formula is C21H28N4S2. The molecule has 2 aromatic rings. The zero-order valence-electron chi connectivity index (χ0n) is 16.2. The van der Waals surface area contributed by atoms with Gasteiger partial charge in [-0.15, -0.1) is 0 Å². The molecule has 0 spiro atoms. The van der Waals surface area contributed by atoms with Crippen LogP contribution in [0, 0.1) is 0 Å². The fourth-order valence-corrected chi connectivity index (χ4v) is 5.38. The number of hydrogen-bond acceptors (Lipinski definition) is 6. The maximum Gasteiger partial charge on any atom is 0.0351 e. The van der Waals surface area contributed by atoms with Crippen molar-refractivity contribution in [2.75, 3.05) is 40.3 Å². The van der Waals surface area contributed by atoms with Crippen molar-refractivity contribution in [3.8, 4) is 0 Å². The van der Waals surface area contributed by atoms with Crippen molar-refractivity contribution in [3.05, 3.63) is 65.2 Å². The summed E-state index contributed by atoms with van der Waals surface area (Å²) in [7, 11) is 4.22. The molecule has 0 aliphatic carbocycles. The van der Waals surface area contributed by atoms with Crippen molar-refractivity contribution in [3.63, 3.8) is 0 Å². The van der Waals surface area contributed by atoms with Crippen LogP contribution in [0.25, 0.3) is 0 Å². The van der Waals surface area contributed by atoms with Crippen molar-refractivity contribution in [2.24, 2.45) is 0 Å². The normalized spacial score (nSPS) is 18.9. The first-order valence-corrected chi connectivity index (χ1v) is 11.1. The molecule has 0 atom stereocenters. The fourth-order valence-electron chi connectivity index (χ4n) is 3.63. The third-order valence-electron chi connectivity index (χ3n) is 4.99. The smallest absolute Gasteiger partial charge is 0.0351 e. The van der Waals surface area contributed by atoms with Gasteiger partial charge in [0.1, 0.15) is 0 Å². The average Bonchev–Trinajstić information content (AvgIpc) is 3.07. The zero-order valence-corrected chi connectivity index (χ0v) is 17.8. The van der Waals surface area contributed by atoms with Crippen molar-refractivity contribution < 1.29 is 0 Å². The highest BCUT2D eigenvalue weighted by atomic mass is 32.2. The van der Waals surface area contributed by atoms with Crippen LogP contribution >= 0.6 is 24.1 Å². The highest BCUT2D eigenvalue weighted by molar-refractivity contribution is 7.97. The van der Waals surface area contributed by atoms with E-state index in [2.05, 4.69) is 80.4 Å². The zero-order chi connectivity index (χ0) is 18.6. The predicted molar refractivity (Wildman–Crippen MR) is 116 cm³/mol. The van der Waals surface area contributed by atoms with E-state index in [9.17, 15) is 0 Å². The molecule has 0 aromatic heterocycles. The van der Waals surface area contributed by atoms with Gasteiger partial charge in [0.25, 0.3) is 0 Å². The maximum atomic E-state index is 2.56. The van der Waals surface area contributed by atoms with Crippen molar-refractivity contribution in [2.45, 2.75) is 24.5 Å². The Morgan fingerprint density at radius 2 is 1.44 bits per heavy atom. The van der Waals surface area contributed by atoms with Gasteiger partial charge in [0.05, 0.1) is 0 Å². The van der Waals surface area contributed by atoms with Gasteiger partial charge in [-0.2, -0.15) is 0 Å². The number of benzene rings is 2. The molecule has 1 fully saturated rings. The van der Waals surface area contributed by atoms with E-state index in [-0.39, 0.29) is 0 Å². The highest BCUT2D eigenvalue weighted by Crippen LogP contribution is 2.32. The van der Waals surface area contributed by atoms with E-state index >= 15 is 0 Å². The van der Waals surface area contributed by atoms with Gasteiger partial charge in [0, 0.05) is 62.8 Å². The Morgan fingerprint density at radius 3 is 2.04 bits per heavy atom. The monoisotopic (exact) mass is 400 g/mol. The van der Waals surface area contributed by atoms with E-state index in [1.165, 1.54) is 21.6 Å². The van der Waals surface area contributed by atoms with E-state index in [1.54, 1.807) is 0 Å². The number of fused-ring (bicyclic) bond motifs is 1. The quantitative estimate of drug-likeness (QED) is 0.676. The predicted octanol–water partition coefficient (Wildman–Crippen LogP) is 3.95. The summed E-state index contributed by atoms with van der Waals surface area (Å²) in [6.45, 7) is 7.68. The first kappa shape index (κ1) is 19.3. The van der Waals surface area contributed by atoms with Crippen molar-refractivity contribution in [1.29, 1.82) is 0 Å². The summed E-state index contributed by atoms with van der Waals surface area (Å²) in [4.78, 5) is 3.89. The minimum atomic E-state index is 1.04. The van der Waals surface area contributed by atoms with Crippen LogP contribution in [0.1, 0.15) is 16.7 Å². The Bertz CT molecular complexity index is 717. The Labute approximate surface area is 171 Å². The summed E-state index contributed by atoms with van der Waals surface area (Å²) in [5, 5.41) is 0. The molecule has 144 valence electrons. The van der Waals surface area contributed by atoms with Gasteiger partial charge in [-0.3, -0.25) is 4.90 Å². The minimum Gasteiger partial charge on any atom is -0.296 e. The highest BCUT2D eigenvalue weighted by Gasteiger charge is 2.20. The van der Waals surface area contributed by atoms with Gasteiger partial charge < -0.3 is 0 Å².